The van der Waals surface area contributed by atoms with E-state index in [9.17, 15) is 0 Å². The molecule has 0 unspecified atom stereocenters. The summed E-state index contributed by atoms with van der Waals surface area (Å²) in [6.45, 7) is 4.19. The molecule has 2 aromatic heterocycles. The van der Waals surface area contributed by atoms with Crippen molar-refractivity contribution in [3.63, 3.8) is 0 Å². The lowest BCUT2D eigenvalue weighted by molar-refractivity contribution is 0.636. The van der Waals surface area contributed by atoms with Crippen LogP contribution < -0.4 is 10.4 Å². The Labute approximate surface area is 175 Å². The van der Waals surface area contributed by atoms with E-state index in [1.807, 2.05) is 12.1 Å². The summed E-state index contributed by atoms with van der Waals surface area (Å²) in [6, 6.07) is 5.85. The molecule has 0 spiro atoms. The van der Waals surface area contributed by atoms with Crippen molar-refractivity contribution in [2.24, 2.45) is 4.99 Å². The Morgan fingerprint density at radius 2 is 1.93 bits per heavy atom. The van der Waals surface area contributed by atoms with Gasteiger partial charge in [-0.05, 0) is 37.4 Å². The SMILES string of the molecule is CC(C)(c1nc(-c2ccsc2)cs1)c1c(Cl)cc(N2C=NC=CN2)cc1Cl. The minimum absolute atomic E-state index is 0.422. The molecule has 0 amide bonds. The van der Waals surface area contributed by atoms with Gasteiger partial charge in [0.15, 0.2) is 0 Å². The number of benzene rings is 1. The fraction of sp³-hybridized carbons (Fsp3) is 0.158. The first-order valence-corrected chi connectivity index (χ1v) is 10.8. The highest BCUT2D eigenvalue weighted by atomic mass is 35.5. The van der Waals surface area contributed by atoms with E-state index in [1.54, 1.807) is 46.4 Å². The van der Waals surface area contributed by atoms with Crippen LogP contribution in [0, 0.1) is 0 Å². The van der Waals surface area contributed by atoms with Gasteiger partial charge < -0.3 is 0 Å². The molecule has 8 heteroatoms. The van der Waals surface area contributed by atoms with Crippen LogP contribution in [0.15, 0.2) is 51.7 Å². The third-order valence-corrected chi connectivity index (χ3v) is 6.79. The number of hydrogen-bond acceptors (Lipinski definition) is 6. The summed E-state index contributed by atoms with van der Waals surface area (Å²) in [5.41, 5.74) is 6.45. The van der Waals surface area contributed by atoms with Crippen LogP contribution in [-0.2, 0) is 5.41 Å². The van der Waals surface area contributed by atoms with Crippen LogP contribution in [0.4, 0.5) is 5.69 Å². The van der Waals surface area contributed by atoms with E-state index in [0.717, 1.165) is 27.5 Å². The Balaban J connectivity index is 1.71. The van der Waals surface area contributed by atoms with Crippen LogP contribution in [0.1, 0.15) is 24.4 Å². The number of hydrogen-bond donors (Lipinski definition) is 1. The lowest BCUT2D eigenvalue weighted by Gasteiger charge is -2.28. The highest BCUT2D eigenvalue weighted by Gasteiger charge is 2.32. The van der Waals surface area contributed by atoms with Gasteiger partial charge in [-0.1, -0.05) is 23.2 Å². The molecule has 1 aromatic carbocycles. The minimum Gasteiger partial charge on any atom is -0.299 e. The van der Waals surface area contributed by atoms with E-state index >= 15 is 0 Å². The number of anilines is 1. The first-order chi connectivity index (χ1) is 13.0. The Hall–Kier alpha value is -1.86. The fourth-order valence-electron chi connectivity index (χ4n) is 2.94. The second-order valence-electron chi connectivity index (χ2n) is 6.54. The van der Waals surface area contributed by atoms with Gasteiger partial charge in [0.1, 0.15) is 11.3 Å². The van der Waals surface area contributed by atoms with Gasteiger partial charge >= 0.3 is 0 Å². The average molecular weight is 435 g/mol. The summed E-state index contributed by atoms with van der Waals surface area (Å²) >= 11 is 16.6. The molecule has 0 aliphatic carbocycles. The van der Waals surface area contributed by atoms with Crippen molar-refractivity contribution in [3.05, 3.63) is 67.4 Å². The molecule has 1 aliphatic rings. The van der Waals surface area contributed by atoms with Crippen molar-refractivity contribution < 1.29 is 0 Å². The predicted molar refractivity (Wildman–Crippen MR) is 117 cm³/mol. The number of halogens is 2. The summed E-state index contributed by atoms with van der Waals surface area (Å²) in [7, 11) is 0. The predicted octanol–water partition coefficient (Wildman–Crippen LogP) is 6.33. The molecule has 0 atom stereocenters. The molecule has 3 heterocycles. The van der Waals surface area contributed by atoms with Gasteiger partial charge in [0.05, 0.1) is 11.4 Å². The van der Waals surface area contributed by atoms with Gasteiger partial charge in [-0.25, -0.2) is 15.0 Å². The second kappa shape index (κ2) is 7.28. The molecule has 0 saturated carbocycles. The lowest BCUT2D eigenvalue weighted by atomic mass is 9.85. The number of rotatable bonds is 4. The molecule has 0 radical (unpaired) electrons. The highest BCUT2D eigenvalue weighted by molar-refractivity contribution is 7.10. The van der Waals surface area contributed by atoms with E-state index < -0.39 is 5.41 Å². The van der Waals surface area contributed by atoms with Crippen LogP contribution in [-0.4, -0.2) is 11.3 Å². The van der Waals surface area contributed by atoms with E-state index in [0.29, 0.717) is 10.0 Å². The minimum atomic E-state index is -0.422. The van der Waals surface area contributed by atoms with E-state index in [4.69, 9.17) is 28.2 Å². The maximum atomic E-state index is 6.67. The molecule has 4 rings (SSSR count). The summed E-state index contributed by atoms with van der Waals surface area (Å²) in [4.78, 5) is 8.95. The van der Waals surface area contributed by atoms with Crippen molar-refractivity contribution in [3.8, 4) is 11.3 Å². The van der Waals surface area contributed by atoms with Crippen molar-refractivity contribution in [1.29, 1.82) is 0 Å². The summed E-state index contributed by atoms with van der Waals surface area (Å²) in [5.74, 6) is 0. The van der Waals surface area contributed by atoms with Crippen LogP contribution in [0.3, 0.4) is 0 Å². The first kappa shape index (κ1) is 18.5. The van der Waals surface area contributed by atoms with Crippen LogP contribution in [0.2, 0.25) is 10.0 Å². The van der Waals surface area contributed by atoms with Crippen molar-refractivity contribution in [2.45, 2.75) is 19.3 Å². The van der Waals surface area contributed by atoms with Crippen LogP contribution in [0.25, 0.3) is 11.3 Å². The van der Waals surface area contributed by atoms with Crippen molar-refractivity contribution in [2.75, 3.05) is 5.01 Å². The molecule has 3 aromatic rings. The average Bonchev–Trinajstić information content (AvgIpc) is 3.33. The first-order valence-electron chi connectivity index (χ1n) is 8.18. The zero-order valence-corrected chi connectivity index (χ0v) is 17.8. The molecule has 4 nitrogen and oxygen atoms in total. The molecule has 1 aliphatic heterocycles. The van der Waals surface area contributed by atoms with Crippen molar-refractivity contribution in [1.82, 2.24) is 10.4 Å². The summed E-state index contributed by atoms with van der Waals surface area (Å²) < 4.78 is 0. The topological polar surface area (TPSA) is 40.5 Å². The summed E-state index contributed by atoms with van der Waals surface area (Å²) in [6.07, 6.45) is 5.08. The molecule has 0 fully saturated rings. The van der Waals surface area contributed by atoms with Gasteiger partial charge in [-0.2, -0.15) is 11.3 Å². The van der Waals surface area contributed by atoms with Gasteiger partial charge in [-0.3, -0.25) is 5.43 Å². The molecular formula is C19H16Cl2N4S2. The molecule has 138 valence electrons. The fourth-order valence-corrected chi connectivity index (χ4v) is 5.50. The third kappa shape index (κ3) is 3.50. The molecule has 0 bridgehead atoms. The third-order valence-electron chi connectivity index (χ3n) is 4.34. The van der Waals surface area contributed by atoms with E-state index in [-0.39, 0.29) is 0 Å². The van der Waals surface area contributed by atoms with Crippen LogP contribution in [0.5, 0.6) is 0 Å². The van der Waals surface area contributed by atoms with Gasteiger partial charge in [0, 0.05) is 49.7 Å². The lowest BCUT2D eigenvalue weighted by Crippen LogP contribution is -2.34. The number of thiazole rings is 1. The Morgan fingerprint density at radius 3 is 2.56 bits per heavy atom. The number of nitrogens with zero attached hydrogens (tertiary/aromatic N) is 3. The van der Waals surface area contributed by atoms with E-state index in [1.165, 1.54) is 0 Å². The number of aliphatic imine (C=N–C) groups is 1. The number of nitrogens with one attached hydrogen (secondary N) is 1. The van der Waals surface area contributed by atoms with Gasteiger partial charge in [-0.15, -0.1) is 11.3 Å². The molecule has 1 N–H and O–H groups in total. The smallest absolute Gasteiger partial charge is 0.115 e. The van der Waals surface area contributed by atoms with Gasteiger partial charge in [0.25, 0.3) is 0 Å². The number of hydrazine groups is 1. The normalized spacial score (nSPS) is 13.9. The van der Waals surface area contributed by atoms with E-state index in [2.05, 4.69) is 46.5 Å². The monoisotopic (exact) mass is 434 g/mol. The second-order valence-corrected chi connectivity index (χ2v) is 8.99. The largest absolute Gasteiger partial charge is 0.299 e. The highest BCUT2D eigenvalue weighted by Crippen LogP contribution is 2.44. The zero-order valence-electron chi connectivity index (χ0n) is 14.6. The van der Waals surface area contributed by atoms with Gasteiger partial charge in [0.2, 0.25) is 0 Å². The maximum Gasteiger partial charge on any atom is 0.115 e. The molecule has 27 heavy (non-hydrogen) atoms. The van der Waals surface area contributed by atoms with Crippen molar-refractivity contribution >= 4 is 57.9 Å². The standard InChI is InChI=1S/C19H16Cl2N4S2/c1-19(2,18-24-16(10-27-18)12-3-6-26-9-12)17-14(20)7-13(8-15(17)21)25-11-22-4-5-23-25/h3-11,23H,1-2H3. The Bertz CT molecular complexity index is 999. The quantitative estimate of drug-likeness (QED) is 0.521. The Kier molecular flexibility index (Phi) is 4.99. The number of thiophene rings is 1. The molecular weight excluding hydrogens is 419 g/mol. The summed E-state index contributed by atoms with van der Waals surface area (Å²) in [5, 5.41) is 10.2. The van der Waals surface area contributed by atoms with Crippen LogP contribution >= 0.6 is 45.9 Å². The number of aromatic nitrogens is 1. The zero-order chi connectivity index (χ0) is 19.0. The maximum absolute atomic E-state index is 6.67. The molecule has 0 saturated heterocycles. The Morgan fingerprint density at radius 1 is 1.15 bits per heavy atom.